The molecule has 0 aliphatic heterocycles. The van der Waals surface area contributed by atoms with Crippen LogP contribution in [0.15, 0.2) is 48.5 Å². The normalized spacial score (nSPS) is 12.3. The second-order valence-corrected chi connectivity index (χ2v) is 10.7. The Morgan fingerprint density at radius 1 is 1.03 bits per heavy atom. The molecule has 0 unspecified atom stereocenters. The van der Waals surface area contributed by atoms with Gasteiger partial charge in [-0.05, 0) is 44.0 Å². The number of nitrogens with zero attached hydrogens (tertiary/aromatic N) is 2. The van der Waals surface area contributed by atoms with Gasteiger partial charge in [-0.15, -0.1) is 0 Å². The lowest BCUT2D eigenvalue weighted by Gasteiger charge is -2.33. The summed E-state index contributed by atoms with van der Waals surface area (Å²) in [6.07, 6.45) is 1.37. The van der Waals surface area contributed by atoms with E-state index in [4.69, 9.17) is 23.2 Å². The zero-order valence-electron chi connectivity index (χ0n) is 19.1. The molecule has 7 nitrogen and oxygen atoms in total. The molecule has 180 valence electrons. The van der Waals surface area contributed by atoms with Crippen molar-refractivity contribution in [3.8, 4) is 0 Å². The molecule has 1 N–H and O–H groups in total. The molecular weight excluding hydrogens is 485 g/mol. The van der Waals surface area contributed by atoms with E-state index in [1.807, 2.05) is 51.1 Å². The third-order valence-electron chi connectivity index (χ3n) is 4.88. The monoisotopic (exact) mass is 513 g/mol. The fourth-order valence-corrected chi connectivity index (χ4v) is 4.47. The lowest BCUT2D eigenvalue weighted by molar-refractivity contribution is -0.140. The van der Waals surface area contributed by atoms with E-state index >= 15 is 0 Å². The van der Waals surface area contributed by atoms with Crippen LogP contribution in [0.2, 0.25) is 10.0 Å². The largest absolute Gasteiger partial charge is 0.352 e. The Hall–Kier alpha value is -2.29. The van der Waals surface area contributed by atoms with Crippen molar-refractivity contribution in [2.45, 2.75) is 45.8 Å². The summed E-state index contributed by atoms with van der Waals surface area (Å²) in [5.74, 6) is -0.807. The van der Waals surface area contributed by atoms with Gasteiger partial charge >= 0.3 is 0 Å². The Kier molecular flexibility index (Phi) is 9.57. The van der Waals surface area contributed by atoms with Gasteiger partial charge in [0.25, 0.3) is 0 Å². The first kappa shape index (κ1) is 27.0. The van der Waals surface area contributed by atoms with Crippen LogP contribution in [0.25, 0.3) is 0 Å². The van der Waals surface area contributed by atoms with Crippen LogP contribution in [0.5, 0.6) is 0 Å². The van der Waals surface area contributed by atoms with Crippen LogP contribution < -0.4 is 9.62 Å². The molecule has 2 rings (SSSR count). The lowest BCUT2D eigenvalue weighted by Crippen LogP contribution is -2.53. The Labute approximate surface area is 205 Å². The molecule has 0 bridgehead atoms. The van der Waals surface area contributed by atoms with Crippen molar-refractivity contribution in [1.82, 2.24) is 10.2 Å². The molecule has 0 saturated carbocycles. The molecule has 10 heteroatoms. The van der Waals surface area contributed by atoms with E-state index in [0.29, 0.717) is 6.42 Å². The van der Waals surface area contributed by atoms with Crippen molar-refractivity contribution in [3.05, 3.63) is 64.1 Å². The first-order chi connectivity index (χ1) is 15.4. The summed E-state index contributed by atoms with van der Waals surface area (Å²) in [4.78, 5) is 27.8. The molecule has 2 amide bonds. The number of hydrogen-bond acceptors (Lipinski definition) is 4. The van der Waals surface area contributed by atoms with Crippen molar-refractivity contribution in [1.29, 1.82) is 0 Å². The van der Waals surface area contributed by atoms with Crippen LogP contribution in [0, 0.1) is 0 Å². The fraction of sp³-hybridized carbons (Fsp3) is 0.391. The first-order valence-corrected chi connectivity index (χ1v) is 13.1. The number of carbonyl (C=O) groups is 2. The summed E-state index contributed by atoms with van der Waals surface area (Å²) in [5.41, 5.74) is 1.03. The number of nitrogens with one attached hydrogen (secondary N) is 1. The highest BCUT2D eigenvalue weighted by molar-refractivity contribution is 7.92. The van der Waals surface area contributed by atoms with Gasteiger partial charge in [-0.1, -0.05) is 60.5 Å². The minimum Gasteiger partial charge on any atom is -0.352 e. The number of rotatable bonds is 10. The molecule has 2 aromatic carbocycles. The van der Waals surface area contributed by atoms with Gasteiger partial charge in [0.05, 0.1) is 22.0 Å². The van der Waals surface area contributed by atoms with Gasteiger partial charge in [0.1, 0.15) is 12.6 Å². The first-order valence-electron chi connectivity index (χ1n) is 10.5. The van der Waals surface area contributed by atoms with Crippen LogP contribution >= 0.6 is 23.2 Å². The fourth-order valence-electron chi connectivity index (χ4n) is 3.33. The van der Waals surface area contributed by atoms with Crippen molar-refractivity contribution in [2.75, 3.05) is 17.1 Å². The van der Waals surface area contributed by atoms with Gasteiger partial charge in [-0.3, -0.25) is 13.9 Å². The average molecular weight is 514 g/mol. The second-order valence-electron chi connectivity index (χ2n) is 7.96. The van der Waals surface area contributed by atoms with Gasteiger partial charge in [0, 0.05) is 12.6 Å². The van der Waals surface area contributed by atoms with Gasteiger partial charge in [0.15, 0.2) is 0 Å². The lowest BCUT2D eigenvalue weighted by atomic mass is 10.1. The van der Waals surface area contributed by atoms with Crippen LogP contribution in [0.3, 0.4) is 0 Å². The van der Waals surface area contributed by atoms with E-state index in [0.717, 1.165) is 16.1 Å². The van der Waals surface area contributed by atoms with Crippen molar-refractivity contribution < 1.29 is 18.0 Å². The van der Waals surface area contributed by atoms with Gasteiger partial charge in [-0.2, -0.15) is 0 Å². The summed E-state index contributed by atoms with van der Waals surface area (Å²) < 4.78 is 26.1. The molecule has 1 atom stereocenters. The van der Waals surface area contributed by atoms with Gasteiger partial charge in [-0.25, -0.2) is 8.42 Å². The molecule has 0 saturated heterocycles. The SMILES string of the molecule is CC[C@@H](C(=O)NC(C)C)N(Cc1ccccc1)C(=O)CN(c1ccc(Cl)c(Cl)c1)S(C)(=O)=O. The van der Waals surface area contributed by atoms with E-state index in [1.165, 1.54) is 23.1 Å². The molecule has 0 spiro atoms. The minimum absolute atomic E-state index is 0.107. The molecule has 2 aromatic rings. The maximum atomic E-state index is 13.5. The van der Waals surface area contributed by atoms with E-state index in [-0.39, 0.29) is 34.2 Å². The maximum absolute atomic E-state index is 13.5. The number of benzene rings is 2. The Morgan fingerprint density at radius 3 is 2.18 bits per heavy atom. The highest BCUT2D eigenvalue weighted by atomic mass is 35.5. The standard InChI is InChI=1S/C23H29Cl2N3O4S/c1-5-21(23(30)26-16(2)3)27(14-17-9-7-6-8-10-17)22(29)15-28(33(4,31)32)18-11-12-19(24)20(25)13-18/h6-13,16,21H,5,14-15H2,1-4H3,(H,26,30)/t21-/m0/s1. The van der Waals surface area contributed by atoms with E-state index in [1.54, 1.807) is 0 Å². The van der Waals surface area contributed by atoms with E-state index in [9.17, 15) is 18.0 Å². The predicted octanol–water partition coefficient (Wildman–Crippen LogP) is 4.09. The highest BCUT2D eigenvalue weighted by Gasteiger charge is 2.32. The van der Waals surface area contributed by atoms with E-state index < -0.39 is 28.5 Å². The minimum atomic E-state index is -3.84. The summed E-state index contributed by atoms with van der Waals surface area (Å²) in [6.45, 7) is 5.15. The average Bonchev–Trinajstić information content (AvgIpc) is 2.73. The zero-order valence-corrected chi connectivity index (χ0v) is 21.4. The molecule has 0 aliphatic carbocycles. The highest BCUT2D eigenvalue weighted by Crippen LogP contribution is 2.28. The number of amides is 2. The summed E-state index contributed by atoms with van der Waals surface area (Å²) in [7, 11) is -3.84. The maximum Gasteiger partial charge on any atom is 0.244 e. The Bertz CT molecular complexity index is 1080. The topological polar surface area (TPSA) is 86.8 Å². The van der Waals surface area contributed by atoms with Crippen molar-refractivity contribution in [2.24, 2.45) is 0 Å². The number of halogens is 2. The summed E-state index contributed by atoms with van der Waals surface area (Å²) >= 11 is 12.0. The third kappa shape index (κ3) is 7.62. The summed E-state index contributed by atoms with van der Waals surface area (Å²) in [6, 6.07) is 12.7. The molecule has 33 heavy (non-hydrogen) atoms. The molecule has 0 radical (unpaired) electrons. The molecule has 0 aliphatic rings. The third-order valence-corrected chi connectivity index (χ3v) is 6.76. The zero-order chi connectivity index (χ0) is 24.8. The Morgan fingerprint density at radius 2 is 1.67 bits per heavy atom. The quantitative estimate of drug-likeness (QED) is 0.518. The van der Waals surface area contributed by atoms with Crippen LogP contribution in [0.1, 0.15) is 32.8 Å². The number of carbonyl (C=O) groups excluding carboxylic acids is 2. The molecule has 0 fully saturated rings. The van der Waals surface area contributed by atoms with Crippen LogP contribution in [-0.2, 0) is 26.2 Å². The predicted molar refractivity (Wildman–Crippen MR) is 133 cm³/mol. The number of anilines is 1. The number of sulfonamides is 1. The van der Waals surface area contributed by atoms with Crippen LogP contribution in [0.4, 0.5) is 5.69 Å². The second kappa shape index (κ2) is 11.7. The van der Waals surface area contributed by atoms with Gasteiger partial charge < -0.3 is 10.2 Å². The van der Waals surface area contributed by atoms with Gasteiger partial charge in [0.2, 0.25) is 21.8 Å². The summed E-state index contributed by atoms with van der Waals surface area (Å²) in [5, 5.41) is 3.28. The number of hydrogen-bond donors (Lipinski definition) is 1. The van der Waals surface area contributed by atoms with Crippen molar-refractivity contribution >= 4 is 50.7 Å². The Balaban J connectivity index is 2.43. The smallest absolute Gasteiger partial charge is 0.244 e. The van der Waals surface area contributed by atoms with E-state index in [2.05, 4.69) is 5.32 Å². The van der Waals surface area contributed by atoms with Crippen molar-refractivity contribution in [3.63, 3.8) is 0 Å². The molecule has 0 heterocycles. The molecule has 0 aromatic heterocycles. The van der Waals surface area contributed by atoms with Crippen LogP contribution in [-0.4, -0.2) is 50.0 Å². The molecular formula is C23H29Cl2N3O4S.